The van der Waals surface area contributed by atoms with Crippen LogP contribution in [0.1, 0.15) is 18.1 Å². The van der Waals surface area contributed by atoms with Crippen LogP contribution in [0.2, 0.25) is 0 Å². The van der Waals surface area contributed by atoms with E-state index in [2.05, 4.69) is 33.8 Å². The first-order chi connectivity index (χ1) is 12.3. The molecular weight excluding hydrogens is 314 g/mol. The summed E-state index contributed by atoms with van der Waals surface area (Å²) in [5, 5.41) is 6.51. The molecular formula is C20H27N3O2. The second kappa shape index (κ2) is 11.1. The molecule has 0 bridgehead atoms. The number of rotatable bonds is 9. The van der Waals surface area contributed by atoms with Gasteiger partial charge in [-0.25, -0.2) is 0 Å². The number of guanidine groups is 1. The summed E-state index contributed by atoms with van der Waals surface area (Å²) in [5.74, 6) is 1.62. The third kappa shape index (κ3) is 7.27. The molecule has 0 unspecified atom stereocenters. The van der Waals surface area contributed by atoms with Crippen molar-refractivity contribution >= 4 is 5.96 Å². The number of nitrogens with zero attached hydrogens (tertiary/aromatic N) is 1. The number of hydrogen-bond donors (Lipinski definition) is 2. The normalized spacial score (nSPS) is 11.2. The van der Waals surface area contributed by atoms with Gasteiger partial charge in [-0.05, 0) is 30.2 Å². The molecule has 0 heterocycles. The lowest BCUT2D eigenvalue weighted by atomic mass is 10.2. The van der Waals surface area contributed by atoms with Crippen molar-refractivity contribution in [2.24, 2.45) is 4.99 Å². The van der Waals surface area contributed by atoms with Gasteiger partial charge < -0.3 is 20.1 Å². The molecule has 0 aliphatic heterocycles. The quantitative estimate of drug-likeness (QED) is 0.418. The minimum absolute atomic E-state index is 0.568. The van der Waals surface area contributed by atoms with Gasteiger partial charge in [0, 0.05) is 26.7 Å². The predicted molar refractivity (Wildman–Crippen MR) is 102 cm³/mol. The smallest absolute Gasteiger partial charge is 0.191 e. The first-order valence-electron chi connectivity index (χ1n) is 8.59. The van der Waals surface area contributed by atoms with Crippen LogP contribution in [-0.4, -0.2) is 32.8 Å². The minimum atomic E-state index is 0.568. The number of hydrogen-bond acceptors (Lipinski definition) is 3. The van der Waals surface area contributed by atoms with Gasteiger partial charge in [0.05, 0.1) is 6.61 Å². The third-order valence-electron chi connectivity index (χ3n) is 3.57. The zero-order valence-corrected chi connectivity index (χ0v) is 15.0. The Morgan fingerprint density at radius 2 is 1.80 bits per heavy atom. The lowest BCUT2D eigenvalue weighted by Gasteiger charge is -2.13. The van der Waals surface area contributed by atoms with Crippen molar-refractivity contribution in [2.75, 3.05) is 26.8 Å². The predicted octanol–water partition coefficient (Wildman–Crippen LogP) is 2.97. The summed E-state index contributed by atoms with van der Waals surface area (Å²) in [6, 6.07) is 18.2. The Balaban J connectivity index is 1.80. The molecule has 2 rings (SSSR count). The molecule has 0 atom stereocenters. The Labute approximate surface area is 150 Å². The summed E-state index contributed by atoms with van der Waals surface area (Å²) in [6.07, 6.45) is 0. The summed E-state index contributed by atoms with van der Waals surface area (Å²) >= 11 is 0. The molecule has 0 fully saturated rings. The van der Waals surface area contributed by atoms with E-state index in [9.17, 15) is 0 Å². The molecule has 2 aromatic rings. The molecule has 0 radical (unpaired) electrons. The van der Waals surface area contributed by atoms with Gasteiger partial charge in [0.1, 0.15) is 12.4 Å². The highest BCUT2D eigenvalue weighted by molar-refractivity contribution is 5.79. The van der Waals surface area contributed by atoms with E-state index >= 15 is 0 Å². The number of ether oxygens (including phenoxy) is 2. The van der Waals surface area contributed by atoms with Crippen molar-refractivity contribution in [1.82, 2.24) is 10.6 Å². The average molecular weight is 341 g/mol. The molecule has 25 heavy (non-hydrogen) atoms. The zero-order chi connectivity index (χ0) is 17.7. The summed E-state index contributed by atoms with van der Waals surface area (Å²) in [5.41, 5.74) is 2.29. The monoisotopic (exact) mass is 341 g/mol. The maximum Gasteiger partial charge on any atom is 0.191 e. The van der Waals surface area contributed by atoms with E-state index in [4.69, 9.17) is 9.47 Å². The molecule has 0 saturated heterocycles. The zero-order valence-electron chi connectivity index (χ0n) is 15.0. The summed E-state index contributed by atoms with van der Waals surface area (Å²) in [4.78, 5) is 4.21. The first-order valence-corrected chi connectivity index (χ1v) is 8.59. The van der Waals surface area contributed by atoms with Crippen molar-refractivity contribution in [3.63, 3.8) is 0 Å². The van der Waals surface area contributed by atoms with E-state index in [1.807, 2.05) is 43.3 Å². The van der Waals surface area contributed by atoms with Crippen LogP contribution >= 0.6 is 0 Å². The average Bonchev–Trinajstić information content (AvgIpc) is 2.67. The molecule has 5 heteroatoms. The standard InChI is InChI=1S/C20H27N3O2/c1-3-24-13-12-22-20(21-2)23-15-18-10-7-11-19(14-18)25-16-17-8-5-4-6-9-17/h4-11,14H,3,12-13,15-16H2,1-2H3,(H2,21,22,23). The van der Waals surface area contributed by atoms with E-state index in [1.54, 1.807) is 7.05 Å². The summed E-state index contributed by atoms with van der Waals surface area (Å²) in [6.45, 7) is 5.35. The molecule has 134 valence electrons. The molecule has 2 N–H and O–H groups in total. The molecule has 0 aliphatic rings. The van der Waals surface area contributed by atoms with E-state index in [-0.39, 0.29) is 0 Å². The number of nitrogens with one attached hydrogen (secondary N) is 2. The van der Waals surface area contributed by atoms with Crippen molar-refractivity contribution in [2.45, 2.75) is 20.1 Å². The van der Waals surface area contributed by atoms with E-state index in [1.165, 1.54) is 0 Å². The van der Waals surface area contributed by atoms with Crippen LogP contribution in [0.25, 0.3) is 0 Å². The Morgan fingerprint density at radius 3 is 2.56 bits per heavy atom. The van der Waals surface area contributed by atoms with Crippen LogP contribution in [0.3, 0.4) is 0 Å². The molecule has 0 aromatic heterocycles. The van der Waals surface area contributed by atoms with Gasteiger partial charge in [0.25, 0.3) is 0 Å². The van der Waals surface area contributed by atoms with Crippen molar-refractivity contribution in [1.29, 1.82) is 0 Å². The van der Waals surface area contributed by atoms with Gasteiger partial charge in [-0.3, -0.25) is 4.99 Å². The maximum absolute atomic E-state index is 5.87. The largest absolute Gasteiger partial charge is 0.489 e. The minimum Gasteiger partial charge on any atom is -0.489 e. The molecule has 0 aliphatic carbocycles. The van der Waals surface area contributed by atoms with Gasteiger partial charge in [0.15, 0.2) is 5.96 Å². The van der Waals surface area contributed by atoms with Crippen LogP contribution in [0.5, 0.6) is 5.75 Å². The van der Waals surface area contributed by atoms with Crippen molar-refractivity contribution < 1.29 is 9.47 Å². The van der Waals surface area contributed by atoms with E-state index in [0.717, 1.165) is 36.0 Å². The van der Waals surface area contributed by atoms with Crippen molar-refractivity contribution in [3.8, 4) is 5.75 Å². The SMILES string of the molecule is CCOCCNC(=NC)NCc1cccc(OCc2ccccc2)c1. The van der Waals surface area contributed by atoms with Crippen molar-refractivity contribution in [3.05, 3.63) is 65.7 Å². The van der Waals surface area contributed by atoms with Gasteiger partial charge in [-0.2, -0.15) is 0 Å². The van der Waals surface area contributed by atoms with Gasteiger partial charge in [0.2, 0.25) is 0 Å². The van der Waals surface area contributed by atoms with Crippen LogP contribution in [0.4, 0.5) is 0 Å². The van der Waals surface area contributed by atoms with E-state index in [0.29, 0.717) is 19.8 Å². The van der Waals surface area contributed by atoms with Crippen LogP contribution in [0, 0.1) is 0 Å². The fourth-order valence-electron chi connectivity index (χ4n) is 2.28. The second-order valence-corrected chi connectivity index (χ2v) is 5.47. The lowest BCUT2D eigenvalue weighted by Crippen LogP contribution is -2.38. The molecule has 0 amide bonds. The highest BCUT2D eigenvalue weighted by Crippen LogP contribution is 2.15. The van der Waals surface area contributed by atoms with E-state index < -0.39 is 0 Å². The van der Waals surface area contributed by atoms with Gasteiger partial charge in [-0.1, -0.05) is 42.5 Å². The van der Waals surface area contributed by atoms with Crippen LogP contribution < -0.4 is 15.4 Å². The van der Waals surface area contributed by atoms with Gasteiger partial charge in [-0.15, -0.1) is 0 Å². The maximum atomic E-state index is 5.87. The topological polar surface area (TPSA) is 54.9 Å². The highest BCUT2D eigenvalue weighted by Gasteiger charge is 2.01. The summed E-state index contributed by atoms with van der Waals surface area (Å²) < 4.78 is 11.2. The molecule has 0 saturated carbocycles. The fourth-order valence-corrected chi connectivity index (χ4v) is 2.28. The first kappa shape index (κ1) is 18.8. The van der Waals surface area contributed by atoms with Crippen LogP contribution in [-0.2, 0) is 17.9 Å². The Hall–Kier alpha value is -2.53. The van der Waals surface area contributed by atoms with Crippen LogP contribution in [0.15, 0.2) is 59.6 Å². The lowest BCUT2D eigenvalue weighted by molar-refractivity contribution is 0.152. The summed E-state index contributed by atoms with van der Waals surface area (Å²) in [7, 11) is 1.76. The molecule has 2 aromatic carbocycles. The number of benzene rings is 2. The Morgan fingerprint density at radius 1 is 1.00 bits per heavy atom. The highest BCUT2D eigenvalue weighted by atomic mass is 16.5. The number of aliphatic imine (C=N–C) groups is 1. The molecule has 5 nitrogen and oxygen atoms in total. The second-order valence-electron chi connectivity index (χ2n) is 5.47. The van der Waals surface area contributed by atoms with Gasteiger partial charge >= 0.3 is 0 Å². The Kier molecular flexibility index (Phi) is 8.35. The Bertz CT molecular complexity index is 644. The third-order valence-corrected chi connectivity index (χ3v) is 3.57. The fraction of sp³-hybridized carbons (Fsp3) is 0.350. The molecule has 0 spiro atoms.